The topological polar surface area (TPSA) is 67.1 Å². The Labute approximate surface area is 95.2 Å². The molecule has 0 bridgehead atoms. The van der Waals surface area contributed by atoms with Gasteiger partial charge in [-0.15, -0.1) is 0 Å². The van der Waals surface area contributed by atoms with Crippen LogP contribution in [0.4, 0.5) is 16.2 Å². The van der Waals surface area contributed by atoms with Crippen LogP contribution in [0.1, 0.15) is 24.8 Å². The van der Waals surface area contributed by atoms with E-state index < -0.39 is 0 Å². The van der Waals surface area contributed by atoms with Crippen molar-refractivity contribution >= 4 is 17.4 Å². The van der Waals surface area contributed by atoms with Crippen LogP contribution in [0.2, 0.25) is 0 Å². The molecule has 0 atom stereocenters. The number of nitrogens with two attached hydrogens (primary N) is 1. The maximum absolute atomic E-state index is 11.6. The van der Waals surface area contributed by atoms with Gasteiger partial charge in [0.15, 0.2) is 0 Å². The lowest BCUT2D eigenvalue weighted by Crippen LogP contribution is -2.42. The average Bonchev–Trinajstić information content (AvgIpc) is 2.18. The van der Waals surface area contributed by atoms with E-state index in [0.717, 1.165) is 18.4 Å². The summed E-state index contributed by atoms with van der Waals surface area (Å²) in [5.74, 6) is 0. The molecule has 2 amide bonds. The highest BCUT2D eigenvalue weighted by Crippen LogP contribution is 2.23. The summed E-state index contributed by atoms with van der Waals surface area (Å²) in [7, 11) is 0. The summed E-state index contributed by atoms with van der Waals surface area (Å²) in [6, 6.07) is 5.76. The number of hydrogen-bond acceptors (Lipinski definition) is 2. The van der Waals surface area contributed by atoms with Crippen molar-refractivity contribution in [2.75, 3.05) is 11.1 Å². The van der Waals surface area contributed by atoms with Crippen molar-refractivity contribution in [1.29, 1.82) is 0 Å². The second-order valence-electron chi connectivity index (χ2n) is 4.27. The SMILES string of the molecule is Cc1cccc(N)c1NC(=O)NC1CCC1. The standard InChI is InChI=1S/C12H17N3O/c1-8-4-2-7-10(13)11(8)15-12(16)14-9-5-3-6-9/h2,4,7,9H,3,5-6,13H2,1H3,(H2,14,15,16). The molecule has 4 heteroatoms. The third-order valence-electron chi connectivity index (χ3n) is 2.98. The van der Waals surface area contributed by atoms with Gasteiger partial charge in [0.25, 0.3) is 0 Å². The Kier molecular flexibility index (Phi) is 2.99. The smallest absolute Gasteiger partial charge is 0.319 e. The summed E-state index contributed by atoms with van der Waals surface area (Å²) in [5.41, 5.74) is 8.09. The van der Waals surface area contributed by atoms with Gasteiger partial charge in [0.2, 0.25) is 0 Å². The van der Waals surface area contributed by atoms with Crippen LogP contribution in [0.3, 0.4) is 0 Å². The summed E-state index contributed by atoms with van der Waals surface area (Å²) in [6.45, 7) is 1.93. The summed E-state index contributed by atoms with van der Waals surface area (Å²) < 4.78 is 0. The van der Waals surface area contributed by atoms with Crippen LogP contribution in [0, 0.1) is 6.92 Å². The molecule has 0 radical (unpaired) electrons. The van der Waals surface area contributed by atoms with Crippen LogP contribution in [-0.2, 0) is 0 Å². The van der Waals surface area contributed by atoms with E-state index in [-0.39, 0.29) is 6.03 Å². The van der Waals surface area contributed by atoms with Gasteiger partial charge in [-0.05, 0) is 37.8 Å². The maximum atomic E-state index is 11.6. The molecule has 1 fully saturated rings. The first-order valence-electron chi connectivity index (χ1n) is 5.59. The number of anilines is 2. The highest BCUT2D eigenvalue weighted by Gasteiger charge is 2.19. The monoisotopic (exact) mass is 219 g/mol. The fraction of sp³-hybridized carbons (Fsp3) is 0.417. The van der Waals surface area contributed by atoms with Crippen molar-refractivity contribution in [2.45, 2.75) is 32.2 Å². The molecule has 1 aromatic carbocycles. The highest BCUT2D eigenvalue weighted by atomic mass is 16.2. The first-order valence-corrected chi connectivity index (χ1v) is 5.59. The molecule has 0 unspecified atom stereocenters. The van der Waals surface area contributed by atoms with E-state index in [9.17, 15) is 4.79 Å². The van der Waals surface area contributed by atoms with Gasteiger partial charge in [-0.1, -0.05) is 12.1 Å². The highest BCUT2D eigenvalue weighted by molar-refractivity contribution is 5.93. The van der Waals surface area contributed by atoms with Crippen molar-refractivity contribution < 1.29 is 4.79 Å². The minimum atomic E-state index is -0.161. The Morgan fingerprint density at radius 3 is 2.75 bits per heavy atom. The second kappa shape index (κ2) is 4.43. The Bertz CT molecular complexity index is 379. The van der Waals surface area contributed by atoms with Crippen LogP contribution >= 0.6 is 0 Å². The Hall–Kier alpha value is -1.71. The number of benzene rings is 1. The van der Waals surface area contributed by atoms with Crippen molar-refractivity contribution in [3.05, 3.63) is 23.8 Å². The molecule has 1 aromatic rings. The molecular formula is C12H17N3O. The third kappa shape index (κ3) is 2.27. The normalized spacial score (nSPS) is 15.3. The van der Waals surface area contributed by atoms with Gasteiger partial charge in [-0.3, -0.25) is 0 Å². The quantitative estimate of drug-likeness (QED) is 0.668. The molecule has 0 spiro atoms. The molecule has 1 aliphatic rings. The molecule has 4 N–H and O–H groups in total. The maximum Gasteiger partial charge on any atom is 0.319 e. The molecule has 86 valence electrons. The van der Waals surface area contributed by atoms with Crippen LogP contribution in [0.15, 0.2) is 18.2 Å². The fourth-order valence-electron chi connectivity index (χ4n) is 1.75. The summed E-state index contributed by atoms with van der Waals surface area (Å²) in [5, 5.41) is 5.72. The first kappa shape index (κ1) is 10.8. The van der Waals surface area contributed by atoms with E-state index in [1.54, 1.807) is 6.07 Å². The van der Waals surface area contributed by atoms with E-state index in [4.69, 9.17) is 5.73 Å². The predicted octanol–water partition coefficient (Wildman–Crippen LogP) is 2.25. The second-order valence-corrected chi connectivity index (χ2v) is 4.27. The largest absolute Gasteiger partial charge is 0.397 e. The number of aryl methyl sites for hydroxylation is 1. The molecule has 0 heterocycles. The molecule has 0 aromatic heterocycles. The number of carbonyl (C=O) groups is 1. The minimum absolute atomic E-state index is 0.161. The van der Waals surface area contributed by atoms with Gasteiger partial charge in [0.1, 0.15) is 0 Å². The number of amides is 2. The number of rotatable bonds is 2. The van der Waals surface area contributed by atoms with Crippen LogP contribution in [0.25, 0.3) is 0 Å². The number of nitrogen functional groups attached to an aromatic ring is 1. The van der Waals surface area contributed by atoms with Crippen molar-refractivity contribution in [3.63, 3.8) is 0 Å². The van der Waals surface area contributed by atoms with Crippen LogP contribution in [0.5, 0.6) is 0 Å². The van der Waals surface area contributed by atoms with E-state index in [1.165, 1.54) is 6.42 Å². The van der Waals surface area contributed by atoms with Crippen molar-refractivity contribution in [2.24, 2.45) is 0 Å². The summed E-state index contributed by atoms with van der Waals surface area (Å²) in [6.07, 6.45) is 3.37. The lowest BCUT2D eigenvalue weighted by atomic mass is 9.93. The van der Waals surface area contributed by atoms with Gasteiger partial charge in [-0.2, -0.15) is 0 Å². The van der Waals surface area contributed by atoms with E-state index >= 15 is 0 Å². The molecule has 2 rings (SSSR count). The number of hydrogen-bond donors (Lipinski definition) is 3. The first-order chi connectivity index (χ1) is 7.66. The zero-order valence-corrected chi connectivity index (χ0v) is 9.42. The van der Waals surface area contributed by atoms with E-state index in [2.05, 4.69) is 10.6 Å². The number of carbonyl (C=O) groups excluding carboxylic acids is 1. The minimum Gasteiger partial charge on any atom is -0.397 e. The van der Waals surface area contributed by atoms with Gasteiger partial charge < -0.3 is 16.4 Å². The fourth-order valence-corrected chi connectivity index (χ4v) is 1.75. The molecule has 0 aliphatic heterocycles. The third-order valence-corrected chi connectivity index (χ3v) is 2.98. The molecule has 1 saturated carbocycles. The number of nitrogens with one attached hydrogen (secondary N) is 2. The van der Waals surface area contributed by atoms with Crippen molar-refractivity contribution in [1.82, 2.24) is 5.32 Å². The zero-order chi connectivity index (χ0) is 11.5. The predicted molar refractivity (Wildman–Crippen MR) is 65.4 cm³/mol. The zero-order valence-electron chi connectivity index (χ0n) is 9.42. The molecule has 4 nitrogen and oxygen atoms in total. The molecular weight excluding hydrogens is 202 g/mol. The van der Waals surface area contributed by atoms with Crippen LogP contribution in [-0.4, -0.2) is 12.1 Å². The van der Waals surface area contributed by atoms with Gasteiger partial charge in [0.05, 0.1) is 11.4 Å². The Morgan fingerprint density at radius 1 is 1.44 bits per heavy atom. The van der Waals surface area contributed by atoms with Gasteiger partial charge in [0, 0.05) is 6.04 Å². The number of para-hydroxylation sites is 1. The van der Waals surface area contributed by atoms with E-state index in [0.29, 0.717) is 17.4 Å². The molecule has 1 aliphatic carbocycles. The van der Waals surface area contributed by atoms with Crippen LogP contribution < -0.4 is 16.4 Å². The lowest BCUT2D eigenvalue weighted by Gasteiger charge is -2.26. The lowest BCUT2D eigenvalue weighted by molar-refractivity contribution is 0.240. The summed E-state index contributed by atoms with van der Waals surface area (Å²) >= 11 is 0. The number of urea groups is 1. The Morgan fingerprint density at radius 2 is 2.19 bits per heavy atom. The Balaban J connectivity index is 1.99. The van der Waals surface area contributed by atoms with Crippen molar-refractivity contribution in [3.8, 4) is 0 Å². The van der Waals surface area contributed by atoms with Gasteiger partial charge in [-0.25, -0.2) is 4.79 Å². The average molecular weight is 219 g/mol. The van der Waals surface area contributed by atoms with Gasteiger partial charge >= 0.3 is 6.03 Å². The molecule has 16 heavy (non-hydrogen) atoms. The summed E-state index contributed by atoms with van der Waals surface area (Å²) in [4.78, 5) is 11.6. The molecule has 0 saturated heterocycles. The van der Waals surface area contributed by atoms with E-state index in [1.807, 2.05) is 19.1 Å².